The minimum atomic E-state index is -3.05. The minimum absolute atomic E-state index is 0.0473. The smallest absolute Gasteiger partial charge is 0.262 e. The number of aromatic nitrogens is 2. The van der Waals surface area contributed by atoms with E-state index in [4.69, 9.17) is 0 Å². The van der Waals surface area contributed by atoms with Crippen LogP contribution in [0.4, 0.5) is 0 Å². The summed E-state index contributed by atoms with van der Waals surface area (Å²) in [5, 5.41) is 1.10. The van der Waals surface area contributed by atoms with Gasteiger partial charge in [0.15, 0.2) is 5.16 Å². The highest BCUT2D eigenvalue weighted by molar-refractivity contribution is 8.00. The number of nitrogens with zero attached hydrogens (tertiary/aromatic N) is 2. The molecule has 0 unspecified atom stereocenters. The first-order valence-electron chi connectivity index (χ1n) is 7.78. The average molecular weight is 374 g/mol. The van der Waals surface area contributed by atoms with Crippen LogP contribution >= 0.6 is 11.8 Å². The Kier molecular flexibility index (Phi) is 5.24. The van der Waals surface area contributed by atoms with Crippen molar-refractivity contribution in [1.29, 1.82) is 0 Å². The number of sulfone groups is 1. The Morgan fingerprint density at radius 3 is 2.44 bits per heavy atom. The van der Waals surface area contributed by atoms with Crippen LogP contribution in [0.2, 0.25) is 0 Å². The predicted molar refractivity (Wildman–Crippen MR) is 102 cm³/mol. The van der Waals surface area contributed by atoms with Crippen molar-refractivity contribution in [3.63, 3.8) is 0 Å². The zero-order chi connectivity index (χ0) is 17.9. The number of benzene rings is 2. The van der Waals surface area contributed by atoms with Gasteiger partial charge in [-0.05, 0) is 17.7 Å². The molecule has 0 saturated carbocycles. The zero-order valence-electron chi connectivity index (χ0n) is 13.8. The number of rotatable bonds is 6. The molecule has 0 radical (unpaired) electrons. The minimum Gasteiger partial charge on any atom is -0.283 e. The summed E-state index contributed by atoms with van der Waals surface area (Å²) in [6.45, 7) is 0.402. The molecule has 0 atom stereocenters. The van der Waals surface area contributed by atoms with Gasteiger partial charge in [-0.25, -0.2) is 13.4 Å². The number of fused-ring (bicyclic) bond motifs is 1. The highest BCUT2D eigenvalue weighted by atomic mass is 32.2. The molecule has 0 bridgehead atoms. The SMILES string of the molecule is CS(=O)(=O)CCSc1nc2ccccc2c(=O)n1Cc1ccccc1. The molecule has 0 N–H and O–H groups in total. The quantitative estimate of drug-likeness (QED) is 0.490. The second-order valence-corrected chi connectivity index (χ2v) is 9.09. The Morgan fingerprint density at radius 2 is 1.72 bits per heavy atom. The van der Waals surface area contributed by atoms with Gasteiger partial charge in [0.1, 0.15) is 9.84 Å². The Labute approximate surface area is 150 Å². The lowest BCUT2D eigenvalue weighted by Crippen LogP contribution is -2.24. The highest BCUT2D eigenvalue weighted by Crippen LogP contribution is 2.19. The van der Waals surface area contributed by atoms with Crippen LogP contribution < -0.4 is 5.56 Å². The average Bonchev–Trinajstić information content (AvgIpc) is 2.58. The first-order valence-corrected chi connectivity index (χ1v) is 10.8. The van der Waals surface area contributed by atoms with Gasteiger partial charge in [0.2, 0.25) is 0 Å². The lowest BCUT2D eigenvalue weighted by atomic mass is 10.2. The highest BCUT2D eigenvalue weighted by Gasteiger charge is 2.13. The van der Waals surface area contributed by atoms with Gasteiger partial charge in [-0.3, -0.25) is 9.36 Å². The van der Waals surface area contributed by atoms with Crippen molar-refractivity contribution in [2.75, 3.05) is 17.8 Å². The molecule has 0 aliphatic rings. The van der Waals surface area contributed by atoms with Gasteiger partial charge in [0, 0.05) is 12.0 Å². The van der Waals surface area contributed by atoms with E-state index in [9.17, 15) is 13.2 Å². The van der Waals surface area contributed by atoms with E-state index in [1.807, 2.05) is 42.5 Å². The molecule has 25 heavy (non-hydrogen) atoms. The summed E-state index contributed by atoms with van der Waals surface area (Å²) >= 11 is 1.29. The molecule has 0 saturated heterocycles. The first kappa shape index (κ1) is 17.7. The molecular formula is C18H18N2O3S2. The normalized spacial score (nSPS) is 11.7. The fourth-order valence-electron chi connectivity index (χ4n) is 2.45. The van der Waals surface area contributed by atoms with E-state index in [-0.39, 0.29) is 11.3 Å². The Balaban J connectivity index is 2.02. The molecule has 0 aliphatic heterocycles. The van der Waals surface area contributed by atoms with Gasteiger partial charge >= 0.3 is 0 Å². The second kappa shape index (κ2) is 7.41. The van der Waals surface area contributed by atoms with Crippen LogP contribution in [0.15, 0.2) is 64.5 Å². The molecular weight excluding hydrogens is 356 g/mol. The molecule has 0 fully saturated rings. The van der Waals surface area contributed by atoms with Crippen LogP contribution in [0.25, 0.3) is 10.9 Å². The summed E-state index contributed by atoms with van der Waals surface area (Å²) in [5.41, 5.74) is 1.50. The fraction of sp³-hybridized carbons (Fsp3) is 0.222. The molecule has 3 rings (SSSR count). The van der Waals surface area contributed by atoms with Gasteiger partial charge in [0.05, 0.1) is 23.2 Å². The number of para-hydroxylation sites is 1. The lowest BCUT2D eigenvalue weighted by Gasteiger charge is -2.13. The molecule has 2 aromatic carbocycles. The first-order chi connectivity index (χ1) is 11.9. The van der Waals surface area contributed by atoms with E-state index in [2.05, 4.69) is 4.98 Å². The molecule has 1 aromatic heterocycles. The van der Waals surface area contributed by atoms with Crippen molar-refractivity contribution in [2.24, 2.45) is 0 Å². The van der Waals surface area contributed by atoms with E-state index < -0.39 is 9.84 Å². The monoisotopic (exact) mass is 374 g/mol. The maximum Gasteiger partial charge on any atom is 0.262 e. The molecule has 130 valence electrons. The number of thioether (sulfide) groups is 1. The van der Waals surface area contributed by atoms with E-state index in [0.717, 1.165) is 5.56 Å². The molecule has 1 heterocycles. The molecule has 7 heteroatoms. The van der Waals surface area contributed by atoms with Crippen LogP contribution in [-0.4, -0.2) is 35.7 Å². The van der Waals surface area contributed by atoms with Crippen molar-refractivity contribution in [3.8, 4) is 0 Å². The van der Waals surface area contributed by atoms with Crippen LogP contribution in [0.5, 0.6) is 0 Å². The third-order valence-corrected chi connectivity index (χ3v) is 5.88. The van der Waals surface area contributed by atoms with Gasteiger partial charge in [-0.15, -0.1) is 0 Å². The largest absolute Gasteiger partial charge is 0.283 e. The molecule has 0 spiro atoms. The third-order valence-electron chi connectivity index (χ3n) is 3.70. The second-order valence-electron chi connectivity index (χ2n) is 5.77. The van der Waals surface area contributed by atoms with E-state index in [0.29, 0.717) is 28.4 Å². The van der Waals surface area contributed by atoms with Crippen molar-refractivity contribution in [1.82, 2.24) is 9.55 Å². The standard InChI is InChI=1S/C18H18N2O3S2/c1-25(22,23)12-11-24-18-19-16-10-6-5-9-15(16)17(21)20(18)13-14-7-3-2-4-8-14/h2-10H,11-13H2,1H3. The van der Waals surface area contributed by atoms with Crippen LogP contribution in [0.3, 0.4) is 0 Å². The maximum absolute atomic E-state index is 12.9. The summed E-state index contributed by atoms with van der Waals surface area (Å²) < 4.78 is 24.4. The van der Waals surface area contributed by atoms with Crippen LogP contribution in [0, 0.1) is 0 Å². The van der Waals surface area contributed by atoms with Gasteiger partial charge < -0.3 is 0 Å². The molecule has 3 aromatic rings. The fourth-order valence-corrected chi connectivity index (χ4v) is 4.64. The van der Waals surface area contributed by atoms with Crippen molar-refractivity contribution < 1.29 is 8.42 Å². The van der Waals surface area contributed by atoms with Crippen molar-refractivity contribution in [2.45, 2.75) is 11.7 Å². The van der Waals surface area contributed by atoms with Crippen molar-refractivity contribution in [3.05, 3.63) is 70.5 Å². The third kappa shape index (κ3) is 4.49. The van der Waals surface area contributed by atoms with E-state index in [1.165, 1.54) is 18.0 Å². The molecule has 0 aliphatic carbocycles. The van der Waals surface area contributed by atoms with E-state index in [1.54, 1.807) is 16.7 Å². The van der Waals surface area contributed by atoms with Crippen LogP contribution in [0.1, 0.15) is 5.56 Å². The summed E-state index contributed by atoms with van der Waals surface area (Å²) in [6.07, 6.45) is 1.21. The Morgan fingerprint density at radius 1 is 1.04 bits per heavy atom. The topological polar surface area (TPSA) is 69.0 Å². The number of hydrogen-bond acceptors (Lipinski definition) is 5. The van der Waals surface area contributed by atoms with Gasteiger partial charge in [-0.1, -0.05) is 54.2 Å². The summed E-state index contributed by atoms with van der Waals surface area (Å²) in [6, 6.07) is 16.9. The Hall–Kier alpha value is -2.12. The summed E-state index contributed by atoms with van der Waals surface area (Å²) in [5.74, 6) is 0.407. The lowest BCUT2D eigenvalue weighted by molar-refractivity contribution is 0.603. The van der Waals surface area contributed by atoms with E-state index >= 15 is 0 Å². The zero-order valence-corrected chi connectivity index (χ0v) is 15.4. The molecule has 5 nitrogen and oxygen atoms in total. The number of hydrogen-bond donors (Lipinski definition) is 0. The summed E-state index contributed by atoms with van der Waals surface area (Å²) in [4.78, 5) is 17.5. The molecule has 0 amide bonds. The van der Waals surface area contributed by atoms with Crippen LogP contribution in [-0.2, 0) is 16.4 Å². The van der Waals surface area contributed by atoms with Gasteiger partial charge in [0.25, 0.3) is 5.56 Å². The predicted octanol–water partition coefficient (Wildman–Crippen LogP) is 2.58. The summed E-state index contributed by atoms with van der Waals surface area (Å²) in [7, 11) is -3.05. The maximum atomic E-state index is 12.9. The Bertz CT molecular complexity index is 1040. The van der Waals surface area contributed by atoms with Crippen molar-refractivity contribution >= 4 is 32.5 Å². The van der Waals surface area contributed by atoms with Gasteiger partial charge in [-0.2, -0.15) is 0 Å².